The van der Waals surface area contributed by atoms with Gasteiger partial charge in [-0.25, -0.2) is 9.59 Å². The highest BCUT2D eigenvalue weighted by molar-refractivity contribution is 5.88. The standard InChI is InChI=1S/C14H24N2O6/c1-14(2,3)22-13(20)15(4)8-11(18)16-7-9(17)6-10(16)12(19)21-5/h9-10,17H,6-8H2,1-5H3/t9-,10-/m0/s1. The van der Waals surface area contributed by atoms with Gasteiger partial charge in [0, 0.05) is 20.0 Å². The van der Waals surface area contributed by atoms with E-state index in [0.29, 0.717) is 0 Å². The van der Waals surface area contributed by atoms with Crippen LogP contribution in [0.25, 0.3) is 0 Å². The van der Waals surface area contributed by atoms with Gasteiger partial charge in [0.25, 0.3) is 0 Å². The van der Waals surface area contributed by atoms with Crippen LogP contribution in [-0.4, -0.2) is 77.9 Å². The Balaban J connectivity index is 2.67. The van der Waals surface area contributed by atoms with Crippen LogP contribution in [0.3, 0.4) is 0 Å². The Kier molecular flexibility index (Phi) is 5.76. The summed E-state index contributed by atoms with van der Waals surface area (Å²) in [4.78, 5) is 38.1. The van der Waals surface area contributed by atoms with Crippen LogP contribution in [0, 0.1) is 0 Å². The second-order valence-corrected chi connectivity index (χ2v) is 6.31. The van der Waals surface area contributed by atoms with E-state index in [-0.39, 0.29) is 19.5 Å². The number of nitrogens with zero attached hydrogens (tertiary/aromatic N) is 2. The van der Waals surface area contributed by atoms with Gasteiger partial charge >= 0.3 is 12.1 Å². The van der Waals surface area contributed by atoms with Crippen LogP contribution in [0.15, 0.2) is 0 Å². The number of methoxy groups -OCH3 is 1. The summed E-state index contributed by atoms with van der Waals surface area (Å²) in [5.41, 5.74) is -0.660. The maximum Gasteiger partial charge on any atom is 0.410 e. The third-order valence-corrected chi connectivity index (χ3v) is 3.15. The van der Waals surface area contributed by atoms with Crippen LogP contribution in [0.1, 0.15) is 27.2 Å². The van der Waals surface area contributed by atoms with Gasteiger partial charge in [-0.2, -0.15) is 0 Å². The first kappa shape index (κ1) is 18.2. The molecule has 0 aliphatic carbocycles. The Morgan fingerprint density at radius 1 is 1.32 bits per heavy atom. The molecule has 1 rings (SSSR count). The molecule has 1 fully saturated rings. The molecule has 2 amide bonds. The van der Waals surface area contributed by atoms with Crippen LogP contribution >= 0.6 is 0 Å². The van der Waals surface area contributed by atoms with Gasteiger partial charge in [0.05, 0.1) is 13.2 Å². The van der Waals surface area contributed by atoms with Crippen molar-refractivity contribution in [2.75, 3.05) is 27.2 Å². The highest BCUT2D eigenvalue weighted by atomic mass is 16.6. The zero-order valence-corrected chi connectivity index (χ0v) is 13.7. The molecule has 1 aliphatic rings. The molecule has 1 aliphatic heterocycles. The summed E-state index contributed by atoms with van der Waals surface area (Å²) in [6.45, 7) is 4.98. The van der Waals surface area contributed by atoms with E-state index in [1.165, 1.54) is 19.1 Å². The lowest BCUT2D eigenvalue weighted by Gasteiger charge is -2.27. The van der Waals surface area contributed by atoms with Crippen molar-refractivity contribution in [1.29, 1.82) is 0 Å². The minimum absolute atomic E-state index is 0.0424. The molecule has 0 bridgehead atoms. The fourth-order valence-electron chi connectivity index (χ4n) is 2.15. The Morgan fingerprint density at radius 2 is 1.91 bits per heavy atom. The van der Waals surface area contributed by atoms with Crippen molar-refractivity contribution < 1.29 is 29.0 Å². The average Bonchev–Trinajstić information content (AvgIpc) is 2.77. The predicted molar refractivity (Wildman–Crippen MR) is 77.0 cm³/mol. The number of rotatable bonds is 3. The summed E-state index contributed by atoms with van der Waals surface area (Å²) in [5.74, 6) is -1.02. The fraction of sp³-hybridized carbons (Fsp3) is 0.786. The van der Waals surface area contributed by atoms with E-state index >= 15 is 0 Å². The topological polar surface area (TPSA) is 96.4 Å². The number of hydrogen-bond donors (Lipinski definition) is 1. The number of aliphatic hydroxyl groups is 1. The molecule has 22 heavy (non-hydrogen) atoms. The van der Waals surface area contributed by atoms with E-state index in [1.54, 1.807) is 20.8 Å². The molecule has 126 valence electrons. The molecule has 0 aromatic rings. The van der Waals surface area contributed by atoms with Gasteiger partial charge in [0.2, 0.25) is 5.91 Å². The minimum atomic E-state index is -0.820. The average molecular weight is 316 g/mol. The maximum atomic E-state index is 12.3. The molecule has 1 heterocycles. The molecule has 0 radical (unpaired) electrons. The van der Waals surface area contributed by atoms with E-state index < -0.39 is 35.7 Å². The first-order valence-corrected chi connectivity index (χ1v) is 7.04. The zero-order valence-electron chi connectivity index (χ0n) is 13.7. The number of amides is 2. The molecule has 1 saturated heterocycles. The molecule has 0 aromatic carbocycles. The van der Waals surface area contributed by atoms with Crippen molar-refractivity contribution in [3.05, 3.63) is 0 Å². The lowest BCUT2D eigenvalue weighted by atomic mass is 10.2. The van der Waals surface area contributed by atoms with E-state index in [1.807, 2.05) is 0 Å². The van der Waals surface area contributed by atoms with Gasteiger partial charge in [0.15, 0.2) is 0 Å². The second-order valence-electron chi connectivity index (χ2n) is 6.31. The first-order chi connectivity index (χ1) is 10.0. The molecule has 0 spiro atoms. The fourth-order valence-corrected chi connectivity index (χ4v) is 2.15. The van der Waals surface area contributed by atoms with Crippen LogP contribution in [0.5, 0.6) is 0 Å². The Morgan fingerprint density at radius 3 is 2.41 bits per heavy atom. The normalized spacial score (nSPS) is 21.5. The quantitative estimate of drug-likeness (QED) is 0.736. The lowest BCUT2D eigenvalue weighted by molar-refractivity contribution is -0.151. The number of hydrogen-bond acceptors (Lipinski definition) is 6. The third kappa shape index (κ3) is 4.87. The maximum absolute atomic E-state index is 12.3. The number of carbonyl (C=O) groups excluding carboxylic acids is 3. The van der Waals surface area contributed by atoms with Crippen LogP contribution < -0.4 is 0 Å². The van der Waals surface area contributed by atoms with Crippen LogP contribution in [0.4, 0.5) is 4.79 Å². The number of likely N-dealkylation sites (tertiary alicyclic amines) is 1. The SMILES string of the molecule is COC(=O)[C@@H]1C[C@H](O)CN1C(=O)CN(C)C(=O)OC(C)(C)C. The molecule has 1 N–H and O–H groups in total. The van der Waals surface area contributed by atoms with Gasteiger partial charge in [0.1, 0.15) is 18.2 Å². The van der Waals surface area contributed by atoms with E-state index in [2.05, 4.69) is 4.74 Å². The molecule has 0 unspecified atom stereocenters. The lowest BCUT2D eigenvalue weighted by Crippen LogP contribution is -2.47. The first-order valence-electron chi connectivity index (χ1n) is 7.04. The molecular weight excluding hydrogens is 292 g/mol. The summed E-state index contributed by atoms with van der Waals surface area (Å²) in [7, 11) is 2.66. The number of likely N-dealkylation sites (N-methyl/N-ethyl adjacent to an activating group) is 1. The van der Waals surface area contributed by atoms with E-state index in [0.717, 1.165) is 4.90 Å². The number of carbonyl (C=O) groups is 3. The third-order valence-electron chi connectivity index (χ3n) is 3.15. The van der Waals surface area contributed by atoms with Crippen molar-refractivity contribution in [3.8, 4) is 0 Å². The molecular formula is C14H24N2O6. The summed E-state index contributed by atoms with van der Waals surface area (Å²) >= 11 is 0. The van der Waals surface area contributed by atoms with Gasteiger partial charge < -0.3 is 24.4 Å². The van der Waals surface area contributed by atoms with Crippen molar-refractivity contribution in [2.24, 2.45) is 0 Å². The number of β-amino-alcohol motifs (C(OH)–C–C–N with tert-alkyl or cyclic N) is 1. The van der Waals surface area contributed by atoms with Crippen molar-refractivity contribution >= 4 is 18.0 Å². The number of ether oxygens (including phenoxy) is 2. The smallest absolute Gasteiger partial charge is 0.410 e. The Bertz CT molecular complexity index is 445. The van der Waals surface area contributed by atoms with Gasteiger partial charge in [-0.05, 0) is 20.8 Å². The largest absolute Gasteiger partial charge is 0.467 e. The summed E-state index contributed by atoms with van der Waals surface area (Å²) in [5, 5.41) is 9.65. The van der Waals surface area contributed by atoms with E-state index in [9.17, 15) is 19.5 Å². The molecule has 0 aromatic heterocycles. The summed E-state index contributed by atoms with van der Waals surface area (Å²) in [6, 6.07) is -0.820. The minimum Gasteiger partial charge on any atom is -0.467 e. The molecule has 8 heteroatoms. The molecule has 2 atom stereocenters. The predicted octanol–water partition coefficient (Wildman–Crippen LogP) is -0.0119. The highest BCUT2D eigenvalue weighted by Gasteiger charge is 2.40. The zero-order chi connectivity index (χ0) is 17.1. The highest BCUT2D eigenvalue weighted by Crippen LogP contribution is 2.19. The molecule has 0 saturated carbocycles. The van der Waals surface area contributed by atoms with Crippen molar-refractivity contribution in [2.45, 2.75) is 44.9 Å². The van der Waals surface area contributed by atoms with Gasteiger partial charge in [-0.3, -0.25) is 4.79 Å². The summed E-state index contributed by atoms with van der Waals surface area (Å²) < 4.78 is 9.79. The van der Waals surface area contributed by atoms with Gasteiger partial charge in [-0.15, -0.1) is 0 Å². The number of esters is 1. The van der Waals surface area contributed by atoms with Crippen LogP contribution in [0.2, 0.25) is 0 Å². The van der Waals surface area contributed by atoms with E-state index in [4.69, 9.17) is 4.74 Å². The Hall–Kier alpha value is -1.83. The number of aliphatic hydroxyl groups excluding tert-OH is 1. The van der Waals surface area contributed by atoms with Crippen molar-refractivity contribution in [3.63, 3.8) is 0 Å². The Labute approximate surface area is 130 Å². The molecule has 8 nitrogen and oxygen atoms in total. The van der Waals surface area contributed by atoms with Crippen molar-refractivity contribution in [1.82, 2.24) is 9.80 Å². The summed E-state index contributed by atoms with van der Waals surface area (Å²) in [6.07, 6.45) is -1.27. The van der Waals surface area contributed by atoms with Crippen LogP contribution in [-0.2, 0) is 19.1 Å². The second kappa shape index (κ2) is 6.95. The van der Waals surface area contributed by atoms with Gasteiger partial charge in [-0.1, -0.05) is 0 Å². The monoisotopic (exact) mass is 316 g/mol.